The minimum Gasteiger partial charge on any atom is -0.267 e. The second-order valence-corrected chi connectivity index (χ2v) is 7.10. The zero-order valence-electron chi connectivity index (χ0n) is 11.5. The monoisotopic (exact) mass is 338 g/mol. The molecule has 2 heterocycles. The van der Waals surface area contributed by atoms with E-state index >= 15 is 0 Å². The molecule has 0 aromatic carbocycles. The van der Waals surface area contributed by atoms with Crippen LogP contribution < -0.4 is 5.56 Å². The maximum Gasteiger partial charge on any atom is 0.275 e. The normalized spacial score (nSPS) is 10.5. The maximum absolute atomic E-state index is 11.8. The molecule has 2 aromatic rings. The lowest BCUT2D eigenvalue weighted by Crippen LogP contribution is -2.13. The first-order valence-corrected chi connectivity index (χ1v) is 8.86. The standard InChI is InChI=1S/C13H14N4OS3/c1-4-6-19-13(20-7-5-2)15-11-16-17-10(18)8-9(3)14-12(17)21-11/h4-5,8H,1-2,6-7H2,3H3. The second-order valence-electron chi connectivity index (χ2n) is 3.89. The highest BCUT2D eigenvalue weighted by Gasteiger charge is 2.08. The van der Waals surface area contributed by atoms with E-state index in [-0.39, 0.29) is 5.56 Å². The lowest BCUT2D eigenvalue weighted by atomic mass is 10.5. The van der Waals surface area contributed by atoms with Crippen molar-refractivity contribution in [2.45, 2.75) is 6.92 Å². The predicted octanol–water partition coefficient (Wildman–Crippen LogP) is 3.29. The number of aromatic nitrogens is 3. The highest BCUT2D eigenvalue weighted by molar-refractivity contribution is 8.39. The van der Waals surface area contributed by atoms with E-state index in [0.717, 1.165) is 15.9 Å². The molecule has 0 amide bonds. The van der Waals surface area contributed by atoms with E-state index in [0.29, 0.717) is 15.8 Å². The van der Waals surface area contributed by atoms with E-state index < -0.39 is 0 Å². The zero-order chi connectivity index (χ0) is 15.2. The van der Waals surface area contributed by atoms with Crippen LogP contribution in [-0.2, 0) is 0 Å². The molecule has 0 atom stereocenters. The van der Waals surface area contributed by atoms with Crippen LogP contribution in [0.2, 0.25) is 0 Å². The molecule has 110 valence electrons. The van der Waals surface area contributed by atoms with Crippen molar-refractivity contribution in [2.75, 3.05) is 11.5 Å². The Morgan fingerprint density at radius 3 is 2.71 bits per heavy atom. The van der Waals surface area contributed by atoms with Crippen LogP contribution in [0.25, 0.3) is 4.96 Å². The first-order valence-electron chi connectivity index (χ1n) is 6.07. The van der Waals surface area contributed by atoms with Gasteiger partial charge in [0, 0.05) is 23.3 Å². The van der Waals surface area contributed by atoms with Crippen molar-refractivity contribution in [3.05, 3.63) is 47.4 Å². The van der Waals surface area contributed by atoms with Crippen LogP contribution in [0, 0.1) is 6.92 Å². The van der Waals surface area contributed by atoms with Gasteiger partial charge in [0.15, 0.2) is 0 Å². The largest absolute Gasteiger partial charge is 0.275 e. The fourth-order valence-electron chi connectivity index (χ4n) is 1.40. The quantitative estimate of drug-likeness (QED) is 0.476. The summed E-state index contributed by atoms with van der Waals surface area (Å²) in [6, 6.07) is 1.46. The molecule has 0 aliphatic heterocycles. The summed E-state index contributed by atoms with van der Waals surface area (Å²) in [7, 11) is 0. The number of thioether (sulfide) groups is 2. The van der Waals surface area contributed by atoms with Gasteiger partial charge in [-0.3, -0.25) is 4.79 Å². The topological polar surface area (TPSA) is 59.6 Å². The van der Waals surface area contributed by atoms with E-state index in [9.17, 15) is 4.79 Å². The molecule has 0 bridgehead atoms. The third-order valence-electron chi connectivity index (χ3n) is 2.20. The maximum atomic E-state index is 11.8. The van der Waals surface area contributed by atoms with E-state index in [1.165, 1.54) is 21.9 Å². The van der Waals surface area contributed by atoms with Gasteiger partial charge in [-0.1, -0.05) is 47.0 Å². The van der Waals surface area contributed by atoms with Crippen molar-refractivity contribution in [1.29, 1.82) is 0 Å². The predicted molar refractivity (Wildman–Crippen MR) is 94.3 cm³/mol. The van der Waals surface area contributed by atoms with Crippen molar-refractivity contribution in [3.63, 3.8) is 0 Å². The van der Waals surface area contributed by atoms with Crippen LogP contribution in [0.1, 0.15) is 5.69 Å². The Kier molecular flexibility index (Phi) is 5.77. The van der Waals surface area contributed by atoms with Crippen LogP contribution in [0.3, 0.4) is 0 Å². The Morgan fingerprint density at radius 1 is 1.43 bits per heavy atom. The first kappa shape index (κ1) is 16.0. The van der Waals surface area contributed by atoms with Crippen molar-refractivity contribution in [1.82, 2.24) is 14.6 Å². The zero-order valence-corrected chi connectivity index (χ0v) is 13.9. The van der Waals surface area contributed by atoms with Gasteiger partial charge in [0.2, 0.25) is 10.1 Å². The average Bonchev–Trinajstić information content (AvgIpc) is 2.84. The van der Waals surface area contributed by atoms with Gasteiger partial charge in [-0.25, -0.2) is 9.98 Å². The van der Waals surface area contributed by atoms with E-state index in [4.69, 9.17) is 0 Å². The minimum absolute atomic E-state index is 0.186. The fourth-order valence-corrected chi connectivity index (χ4v) is 3.91. The average molecular weight is 338 g/mol. The summed E-state index contributed by atoms with van der Waals surface area (Å²) in [5.41, 5.74) is 0.496. The van der Waals surface area contributed by atoms with Crippen LogP contribution in [-0.4, -0.2) is 30.5 Å². The Hall–Kier alpha value is -1.38. The van der Waals surface area contributed by atoms with Gasteiger partial charge < -0.3 is 0 Å². The lowest BCUT2D eigenvalue weighted by Gasteiger charge is -2.00. The number of aliphatic imine (C=N–C) groups is 1. The molecule has 0 aliphatic carbocycles. The van der Waals surface area contributed by atoms with Gasteiger partial charge in [0.05, 0.1) is 0 Å². The molecule has 5 nitrogen and oxygen atoms in total. The van der Waals surface area contributed by atoms with Crippen molar-refractivity contribution < 1.29 is 0 Å². The Bertz CT molecular complexity index is 733. The molecule has 2 rings (SSSR count). The summed E-state index contributed by atoms with van der Waals surface area (Å²) in [5, 5.41) is 4.73. The Balaban J connectivity index is 2.35. The summed E-state index contributed by atoms with van der Waals surface area (Å²) in [5.74, 6) is 1.54. The fraction of sp³-hybridized carbons (Fsp3) is 0.231. The van der Waals surface area contributed by atoms with E-state index in [1.807, 2.05) is 12.2 Å². The van der Waals surface area contributed by atoms with Crippen LogP contribution >= 0.6 is 34.9 Å². The molecule has 0 radical (unpaired) electrons. The minimum atomic E-state index is -0.186. The number of aryl methyl sites for hydroxylation is 1. The highest BCUT2D eigenvalue weighted by Crippen LogP contribution is 2.26. The third kappa shape index (κ3) is 4.29. The molecule has 2 aromatic heterocycles. The summed E-state index contributed by atoms with van der Waals surface area (Å²) in [6.45, 7) is 9.19. The summed E-state index contributed by atoms with van der Waals surface area (Å²) >= 11 is 4.45. The van der Waals surface area contributed by atoms with Gasteiger partial charge in [-0.05, 0) is 6.92 Å². The van der Waals surface area contributed by atoms with Gasteiger partial charge in [0.1, 0.15) is 4.38 Å². The Labute approximate surface area is 134 Å². The number of hydrogen-bond acceptors (Lipinski definition) is 7. The molecular formula is C13H14N4OS3. The highest BCUT2D eigenvalue weighted by atomic mass is 32.2. The molecule has 0 N–H and O–H groups in total. The van der Waals surface area contributed by atoms with Crippen LogP contribution in [0.15, 0.2) is 41.2 Å². The van der Waals surface area contributed by atoms with Gasteiger partial charge in [-0.15, -0.1) is 18.3 Å². The van der Waals surface area contributed by atoms with Gasteiger partial charge in [-0.2, -0.15) is 4.52 Å². The molecule has 0 saturated carbocycles. The number of hydrogen-bond donors (Lipinski definition) is 0. The third-order valence-corrected chi connectivity index (χ3v) is 5.19. The molecule has 21 heavy (non-hydrogen) atoms. The molecular weight excluding hydrogens is 324 g/mol. The summed E-state index contributed by atoms with van der Waals surface area (Å²) in [6.07, 6.45) is 3.64. The SMILES string of the molecule is C=CCSC(=Nc1nn2c(=O)cc(C)nc2s1)SCC=C. The molecule has 8 heteroatoms. The van der Waals surface area contributed by atoms with Crippen LogP contribution in [0.4, 0.5) is 5.13 Å². The lowest BCUT2D eigenvalue weighted by molar-refractivity contribution is 0.890. The summed E-state index contributed by atoms with van der Waals surface area (Å²) < 4.78 is 2.16. The number of fused-ring (bicyclic) bond motifs is 1. The van der Waals surface area contributed by atoms with Crippen molar-refractivity contribution in [2.24, 2.45) is 4.99 Å². The van der Waals surface area contributed by atoms with Crippen molar-refractivity contribution >= 4 is 49.3 Å². The Morgan fingerprint density at radius 2 is 2.10 bits per heavy atom. The molecule has 0 saturated heterocycles. The smallest absolute Gasteiger partial charge is 0.267 e. The van der Waals surface area contributed by atoms with Crippen molar-refractivity contribution in [3.8, 4) is 0 Å². The molecule has 0 spiro atoms. The first-order chi connectivity index (χ1) is 10.1. The van der Waals surface area contributed by atoms with Gasteiger partial charge >= 0.3 is 0 Å². The van der Waals surface area contributed by atoms with Crippen LogP contribution in [0.5, 0.6) is 0 Å². The summed E-state index contributed by atoms with van der Waals surface area (Å²) in [4.78, 5) is 21.2. The number of rotatable bonds is 5. The van der Waals surface area contributed by atoms with E-state index in [2.05, 4.69) is 28.2 Å². The molecule has 0 fully saturated rings. The van der Waals surface area contributed by atoms with E-state index in [1.54, 1.807) is 30.4 Å². The molecule has 0 aliphatic rings. The van der Waals surface area contributed by atoms with Gasteiger partial charge in [0.25, 0.3) is 5.56 Å². The molecule has 0 unspecified atom stereocenters. The second kappa shape index (κ2) is 7.58. The number of nitrogens with zero attached hydrogens (tertiary/aromatic N) is 4.